The summed E-state index contributed by atoms with van der Waals surface area (Å²) in [5, 5.41) is 12.8. The lowest BCUT2D eigenvalue weighted by atomic mass is 9.93. The summed E-state index contributed by atoms with van der Waals surface area (Å²) in [5.74, 6) is 0.350. The number of anilines is 1. The monoisotopic (exact) mass is 600 g/mol. The minimum atomic E-state index is -0.811. The number of aliphatic carboxylic acids is 1. The summed E-state index contributed by atoms with van der Waals surface area (Å²) in [4.78, 5) is 24.8. The van der Waals surface area contributed by atoms with Crippen molar-refractivity contribution in [2.45, 2.75) is 65.8 Å². The van der Waals surface area contributed by atoms with E-state index in [1.807, 2.05) is 59.1 Å². The average Bonchev–Trinajstić information content (AvgIpc) is 3.38. The molecule has 2 heterocycles. The lowest BCUT2D eigenvalue weighted by molar-refractivity contribution is -0.137. The van der Waals surface area contributed by atoms with Crippen LogP contribution in [-0.4, -0.2) is 21.3 Å². The van der Waals surface area contributed by atoms with Crippen LogP contribution in [0.1, 0.15) is 90.4 Å². The molecule has 5 nitrogen and oxygen atoms in total. The van der Waals surface area contributed by atoms with E-state index in [1.165, 1.54) is 22.3 Å². The van der Waals surface area contributed by atoms with Gasteiger partial charge in [-0.3, -0.25) is 9.59 Å². The second kappa shape index (κ2) is 14.4. The number of aromatic nitrogens is 1. The normalized spacial score (nSPS) is 11.5. The number of ketones is 1. The molecule has 3 aromatic carbocycles. The fourth-order valence-electron chi connectivity index (χ4n) is 6.05. The average molecular weight is 601 g/mol. The van der Waals surface area contributed by atoms with Crippen molar-refractivity contribution in [3.05, 3.63) is 142 Å². The van der Waals surface area contributed by atoms with Crippen molar-refractivity contribution in [1.82, 2.24) is 4.40 Å². The number of rotatable bonds is 14. The lowest BCUT2D eigenvalue weighted by Gasteiger charge is -2.22. The largest absolute Gasteiger partial charge is 0.481 e. The van der Waals surface area contributed by atoms with E-state index in [1.54, 1.807) is 0 Å². The number of nitrogens with one attached hydrogen (secondary N) is 1. The molecule has 0 aliphatic heterocycles. The molecule has 0 fully saturated rings. The van der Waals surface area contributed by atoms with Crippen molar-refractivity contribution in [3.8, 4) is 0 Å². The molecule has 2 aromatic heterocycles. The molecule has 0 saturated heterocycles. The van der Waals surface area contributed by atoms with Crippen LogP contribution in [-0.2, 0) is 24.1 Å². The summed E-state index contributed by atoms with van der Waals surface area (Å²) >= 11 is 0. The number of carboxylic acid groups (broad SMARTS) is 1. The number of hydrogen-bond acceptors (Lipinski definition) is 3. The molecule has 0 aliphatic carbocycles. The molecule has 0 saturated carbocycles. The Kier molecular flexibility index (Phi) is 10.2. The lowest BCUT2D eigenvalue weighted by Crippen LogP contribution is -2.13. The molecule has 0 aliphatic rings. The first kappa shape index (κ1) is 31.8. The van der Waals surface area contributed by atoms with E-state index in [0.717, 1.165) is 29.7 Å². The van der Waals surface area contributed by atoms with Gasteiger partial charge in [0.2, 0.25) is 0 Å². The minimum absolute atomic E-state index is 0.0449. The second-order valence-electron chi connectivity index (χ2n) is 12.9. The highest BCUT2D eigenvalue weighted by atomic mass is 16.4. The number of carboxylic acids is 1. The standard InChI is InChI=1S/C40H44N2O3/c1-27(2)24-29-11-15-31(16-12-29)39(32-17-13-30(14-18-32)25-28(3)4)41-34-21-19-33(20-22-34)40(45)36-26-35(8-7-10-38(43)44)42-23-6-5-9-37(36)42/h5-6,9,11-23,26-28,39,41H,7-8,10,24-25H2,1-4H3,(H,43,44). The summed E-state index contributed by atoms with van der Waals surface area (Å²) < 4.78 is 1.99. The number of benzene rings is 3. The van der Waals surface area contributed by atoms with Gasteiger partial charge < -0.3 is 14.8 Å². The van der Waals surface area contributed by atoms with E-state index in [-0.39, 0.29) is 18.2 Å². The smallest absolute Gasteiger partial charge is 0.303 e. The Morgan fingerprint density at radius 3 is 1.87 bits per heavy atom. The molecular weight excluding hydrogens is 556 g/mol. The number of fused-ring (bicyclic) bond motifs is 1. The first-order valence-electron chi connectivity index (χ1n) is 16.1. The van der Waals surface area contributed by atoms with Gasteiger partial charge in [-0.15, -0.1) is 0 Å². The van der Waals surface area contributed by atoms with Crippen molar-refractivity contribution in [2.24, 2.45) is 11.8 Å². The Bertz CT molecular complexity index is 1680. The predicted octanol–water partition coefficient (Wildman–Crippen LogP) is 9.18. The Balaban J connectivity index is 1.39. The van der Waals surface area contributed by atoms with Gasteiger partial charge in [-0.25, -0.2) is 0 Å². The van der Waals surface area contributed by atoms with Crippen LogP contribution in [0.5, 0.6) is 0 Å². The second-order valence-corrected chi connectivity index (χ2v) is 12.9. The number of hydrogen-bond donors (Lipinski definition) is 2. The zero-order valence-electron chi connectivity index (χ0n) is 26.8. The number of aryl methyl sites for hydroxylation is 1. The van der Waals surface area contributed by atoms with Crippen molar-refractivity contribution >= 4 is 23.0 Å². The van der Waals surface area contributed by atoms with Gasteiger partial charge in [0.25, 0.3) is 0 Å². The first-order chi connectivity index (χ1) is 21.7. The summed E-state index contributed by atoms with van der Waals surface area (Å²) in [6.45, 7) is 8.97. The maximum atomic E-state index is 13.7. The number of nitrogens with zero attached hydrogens (tertiary/aromatic N) is 1. The van der Waals surface area contributed by atoms with Crippen LogP contribution in [0.2, 0.25) is 0 Å². The molecule has 5 aromatic rings. The van der Waals surface area contributed by atoms with Crippen LogP contribution < -0.4 is 5.32 Å². The number of pyridine rings is 1. The van der Waals surface area contributed by atoms with Crippen LogP contribution in [0, 0.1) is 11.8 Å². The van der Waals surface area contributed by atoms with Gasteiger partial charge in [0.05, 0.1) is 11.6 Å². The van der Waals surface area contributed by atoms with Gasteiger partial charge in [-0.2, -0.15) is 0 Å². The van der Waals surface area contributed by atoms with E-state index in [4.69, 9.17) is 5.11 Å². The molecule has 0 radical (unpaired) electrons. The third-order valence-corrected chi connectivity index (χ3v) is 8.20. The summed E-state index contributed by atoms with van der Waals surface area (Å²) in [6, 6.07) is 33.2. The highest BCUT2D eigenvalue weighted by molar-refractivity contribution is 6.13. The number of carbonyl (C=O) groups is 2. The Labute approximate surface area is 266 Å². The predicted molar refractivity (Wildman–Crippen MR) is 183 cm³/mol. The van der Waals surface area contributed by atoms with Gasteiger partial charge in [0.15, 0.2) is 5.78 Å². The first-order valence-corrected chi connectivity index (χ1v) is 16.1. The van der Waals surface area contributed by atoms with Crippen molar-refractivity contribution in [1.29, 1.82) is 0 Å². The van der Waals surface area contributed by atoms with Gasteiger partial charge in [-0.05, 0) is 102 Å². The van der Waals surface area contributed by atoms with Crippen LogP contribution >= 0.6 is 0 Å². The van der Waals surface area contributed by atoms with Crippen LogP contribution in [0.4, 0.5) is 5.69 Å². The van der Waals surface area contributed by atoms with E-state index in [9.17, 15) is 9.59 Å². The molecule has 0 amide bonds. The minimum Gasteiger partial charge on any atom is -0.481 e. The Morgan fingerprint density at radius 1 is 0.756 bits per heavy atom. The summed E-state index contributed by atoms with van der Waals surface area (Å²) in [7, 11) is 0. The third kappa shape index (κ3) is 8.10. The molecule has 5 heteroatoms. The van der Waals surface area contributed by atoms with Gasteiger partial charge in [0.1, 0.15) is 0 Å². The van der Waals surface area contributed by atoms with E-state index in [0.29, 0.717) is 35.8 Å². The molecule has 232 valence electrons. The van der Waals surface area contributed by atoms with Crippen LogP contribution in [0.15, 0.2) is 103 Å². The van der Waals surface area contributed by atoms with Crippen LogP contribution in [0.25, 0.3) is 5.52 Å². The van der Waals surface area contributed by atoms with Crippen molar-refractivity contribution in [2.75, 3.05) is 5.32 Å². The molecule has 0 unspecified atom stereocenters. The SMILES string of the molecule is CC(C)Cc1ccc(C(Nc2ccc(C(=O)c3cc(CCCC(=O)O)n4ccccc34)cc2)c2ccc(CC(C)C)cc2)cc1. The quantitative estimate of drug-likeness (QED) is 0.125. The molecule has 0 bridgehead atoms. The maximum absolute atomic E-state index is 13.7. The molecular formula is C40H44N2O3. The highest BCUT2D eigenvalue weighted by Crippen LogP contribution is 2.29. The topological polar surface area (TPSA) is 70.8 Å². The molecule has 2 N–H and O–H groups in total. The molecule has 5 rings (SSSR count). The Morgan fingerprint density at radius 2 is 1.33 bits per heavy atom. The Hall–Kier alpha value is -4.64. The summed E-state index contributed by atoms with van der Waals surface area (Å²) in [6.07, 6.45) is 5.25. The molecule has 45 heavy (non-hydrogen) atoms. The fourth-order valence-corrected chi connectivity index (χ4v) is 6.05. The van der Waals surface area contributed by atoms with Crippen LogP contribution in [0.3, 0.4) is 0 Å². The zero-order valence-corrected chi connectivity index (χ0v) is 26.8. The van der Waals surface area contributed by atoms with Crippen molar-refractivity contribution in [3.63, 3.8) is 0 Å². The fraction of sp³-hybridized carbons (Fsp3) is 0.300. The van der Waals surface area contributed by atoms with E-state index < -0.39 is 5.97 Å². The van der Waals surface area contributed by atoms with Gasteiger partial charge in [0, 0.05) is 35.1 Å². The molecule has 0 atom stereocenters. The van der Waals surface area contributed by atoms with Crippen molar-refractivity contribution < 1.29 is 14.7 Å². The number of carbonyl (C=O) groups excluding carboxylic acids is 1. The van der Waals surface area contributed by atoms with Gasteiger partial charge >= 0.3 is 5.97 Å². The van der Waals surface area contributed by atoms with E-state index in [2.05, 4.69) is 81.5 Å². The van der Waals surface area contributed by atoms with E-state index >= 15 is 0 Å². The third-order valence-electron chi connectivity index (χ3n) is 8.20. The maximum Gasteiger partial charge on any atom is 0.303 e. The highest BCUT2D eigenvalue weighted by Gasteiger charge is 2.19. The molecule has 0 spiro atoms. The summed E-state index contributed by atoms with van der Waals surface area (Å²) in [5.41, 5.74) is 9.00. The zero-order chi connectivity index (χ0) is 31.9. The van der Waals surface area contributed by atoms with Gasteiger partial charge in [-0.1, -0.05) is 82.3 Å².